The van der Waals surface area contributed by atoms with Crippen molar-refractivity contribution >= 4 is 29.2 Å². The standard InChI is InChI=1S/C18H20FN7S/c19-12-7-20-8-14(12)24-16-4-1-3-13(23-16)15-9-21-17-10-22-18(11-25(15)17)26-5-2-6-27-26/h1,3-4,9-12,14,20H,2,5-8H2,(H,23,24)/t12-,14-/m0/s1. The summed E-state index contributed by atoms with van der Waals surface area (Å²) in [5.74, 6) is 2.72. The molecule has 0 unspecified atom stereocenters. The van der Waals surface area contributed by atoms with Gasteiger partial charge in [-0.25, -0.2) is 19.3 Å². The molecule has 2 aliphatic heterocycles. The summed E-state index contributed by atoms with van der Waals surface area (Å²) in [5, 5.41) is 6.24. The van der Waals surface area contributed by atoms with Crippen molar-refractivity contribution in [2.75, 3.05) is 35.0 Å². The van der Waals surface area contributed by atoms with Crippen LogP contribution in [0, 0.1) is 0 Å². The van der Waals surface area contributed by atoms with E-state index in [1.807, 2.05) is 28.8 Å². The Labute approximate surface area is 160 Å². The van der Waals surface area contributed by atoms with Gasteiger partial charge in [-0.1, -0.05) is 6.07 Å². The van der Waals surface area contributed by atoms with Crippen LogP contribution >= 0.6 is 11.9 Å². The maximum absolute atomic E-state index is 13.9. The van der Waals surface area contributed by atoms with E-state index in [1.54, 1.807) is 24.3 Å². The van der Waals surface area contributed by atoms with E-state index in [4.69, 9.17) is 0 Å². The first-order chi connectivity index (χ1) is 13.3. The van der Waals surface area contributed by atoms with Crippen molar-refractivity contribution in [3.05, 3.63) is 36.8 Å². The molecule has 27 heavy (non-hydrogen) atoms. The highest BCUT2D eigenvalue weighted by Gasteiger charge is 2.26. The monoisotopic (exact) mass is 385 g/mol. The molecule has 3 aromatic rings. The molecule has 2 saturated heterocycles. The minimum absolute atomic E-state index is 0.252. The molecule has 7 nitrogen and oxygen atoms in total. The maximum Gasteiger partial charge on any atom is 0.155 e. The predicted octanol–water partition coefficient (Wildman–Crippen LogP) is 2.37. The molecule has 0 saturated carbocycles. The zero-order valence-electron chi connectivity index (χ0n) is 14.7. The number of fused-ring (bicyclic) bond motifs is 1. The molecule has 140 valence electrons. The molecule has 2 N–H and O–H groups in total. The highest BCUT2D eigenvalue weighted by Crippen LogP contribution is 2.28. The highest BCUT2D eigenvalue weighted by atomic mass is 32.2. The lowest BCUT2D eigenvalue weighted by atomic mass is 10.2. The summed E-state index contributed by atoms with van der Waals surface area (Å²) in [7, 11) is 0. The molecular formula is C18H20FN7S. The third-order valence-corrected chi connectivity index (χ3v) is 6.03. The summed E-state index contributed by atoms with van der Waals surface area (Å²) < 4.78 is 18.1. The predicted molar refractivity (Wildman–Crippen MR) is 106 cm³/mol. The highest BCUT2D eigenvalue weighted by molar-refractivity contribution is 8.00. The molecule has 3 aromatic heterocycles. The van der Waals surface area contributed by atoms with Crippen LogP contribution in [0.4, 0.5) is 16.0 Å². The van der Waals surface area contributed by atoms with E-state index in [0.29, 0.717) is 18.9 Å². The zero-order chi connectivity index (χ0) is 18.2. The lowest BCUT2D eigenvalue weighted by Crippen LogP contribution is -2.29. The van der Waals surface area contributed by atoms with Crippen LogP contribution in [0.3, 0.4) is 0 Å². The molecule has 0 spiro atoms. The van der Waals surface area contributed by atoms with Crippen LogP contribution in [0.5, 0.6) is 0 Å². The number of pyridine rings is 1. The van der Waals surface area contributed by atoms with Gasteiger partial charge in [-0.3, -0.25) is 8.71 Å². The SMILES string of the molecule is F[C@H]1CNC[C@@H]1Nc1cccc(-c2cnc3cnc(N4CCCS4)cn23)n1. The van der Waals surface area contributed by atoms with Crippen molar-refractivity contribution in [3.63, 3.8) is 0 Å². The van der Waals surface area contributed by atoms with Crippen LogP contribution in [0.2, 0.25) is 0 Å². The first-order valence-corrected chi connectivity index (χ1v) is 10.0. The minimum atomic E-state index is -0.905. The number of rotatable bonds is 4. The molecule has 0 radical (unpaired) electrons. The molecule has 2 fully saturated rings. The van der Waals surface area contributed by atoms with Gasteiger partial charge in [-0.05, 0) is 30.5 Å². The van der Waals surface area contributed by atoms with E-state index in [1.165, 1.54) is 6.42 Å². The second kappa shape index (κ2) is 6.97. The second-order valence-corrected chi connectivity index (χ2v) is 7.85. The summed E-state index contributed by atoms with van der Waals surface area (Å²) in [6, 6.07) is 5.49. The molecule has 5 rings (SSSR count). The fourth-order valence-corrected chi connectivity index (χ4v) is 4.42. The van der Waals surface area contributed by atoms with Gasteiger partial charge in [0.1, 0.15) is 12.0 Å². The molecular weight excluding hydrogens is 365 g/mol. The van der Waals surface area contributed by atoms with Crippen LogP contribution in [0.15, 0.2) is 36.8 Å². The maximum atomic E-state index is 13.9. The summed E-state index contributed by atoms with van der Waals surface area (Å²) in [4.78, 5) is 13.7. The Morgan fingerprint density at radius 3 is 3.00 bits per heavy atom. The molecule has 0 aliphatic carbocycles. The van der Waals surface area contributed by atoms with Crippen molar-refractivity contribution in [3.8, 4) is 11.4 Å². The van der Waals surface area contributed by atoms with E-state index in [0.717, 1.165) is 35.2 Å². The third-order valence-electron chi connectivity index (χ3n) is 4.88. The van der Waals surface area contributed by atoms with Crippen molar-refractivity contribution in [1.82, 2.24) is 24.7 Å². The lowest BCUT2D eigenvalue weighted by molar-refractivity contribution is 0.342. The average molecular weight is 385 g/mol. The third kappa shape index (κ3) is 3.21. The average Bonchev–Trinajstić information content (AvgIpc) is 3.43. The molecule has 0 aromatic carbocycles. The lowest BCUT2D eigenvalue weighted by Gasteiger charge is -2.16. The fourth-order valence-electron chi connectivity index (χ4n) is 3.46. The van der Waals surface area contributed by atoms with Crippen LogP contribution in [-0.4, -0.2) is 57.0 Å². The molecule has 9 heteroatoms. The number of alkyl halides is 1. The van der Waals surface area contributed by atoms with Crippen molar-refractivity contribution in [2.45, 2.75) is 18.6 Å². The first kappa shape index (κ1) is 16.8. The number of nitrogens with zero attached hydrogens (tertiary/aromatic N) is 5. The number of aromatic nitrogens is 4. The Morgan fingerprint density at radius 2 is 2.19 bits per heavy atom. The van der Waals surface area contributed by atoms with E-state index in [9.17, 15) is 4.39 Å². The Morgan fingerprint density at radius 1 is 1.22 bits per heavy atom. The molecule has 2 aliphatic rings. The van der Waals surface area contributed by atoms with Gasteiger partial charge in [0.25, 0.3) is 0 Å². The van der Waals surface area contributed by atoms with Crippen molar-refractivity contribution < 1.29 is 4.39 Å². The number of imidazole rings is 1. The van der Waals surface area contributed by atoms with Gasteiger partial charge in [0.15, 0.2) is 11.5 Å². The zero-order valence-corrected chi connectivity index (χ0v) is 15.5. The van der Waals surface area contributed by atoms with Crippen molar-refractivity contribution in [2.24, 2.45) is 0 Å². The first-order valence-electron chi connectivity index (χ1n) is 9.10. The Kier molecular flexibility index (Phi) is 4.33. The molecule has 2 atom stereocenters. The molecule has 5 heterocycles. The fraction of sp³-hybridized carbons (Fsp3) is 0.389. The molecule has 0 amide bonds. The molecule has 0 bridgehead atoms. The number of anilines is 2. The van der Waals surface area contributed by atoms with Gasteiger partial charge >= 0.3 is 0 Å². The Bertz CT molecular complexity index is 956. The van der Waals surface area contributed by atoms with E-state index in [-0.39, 0.29) is 6.04 Å². The van der Waals surface area contributed by atoms with Gasteiger partial charge < -0.3 is 10.6 Å². The van der Waals surface area contributed by atoms with Gasteiger partial charge in [0.05, 0.1) is 36.0 Å². The van der Waals surface area contributed by atoms with Gasteiger partial charge in [-0.15, -0.1) is 0 Å². The van der Waals surface area contributed by atoms with E-state index < -0.39 is 6.17 Å². The second-order valence-electron chi connectivity index (χ2n) is 6.74. The summed E-state index contributed by atoms with van der Waals surface area (Å²) >= 11 is 1.80. The van der Waals surface area contributed by atoms with Crippen LogP contribution in [0.1, 0.15) is 6.42 Å². The largest absolute Gasteiger partial charge is 0.363 e. The Hall–Kier alpha value is -2.39. The van der Waals surface area contributed by atoms with Crippen LogP contribution in [-0.2, 0) is 0 Å². The number of nitrogens with one attached hydrogen (secondary N) is 2. The topological polar surface area (TPSA) is 70.4 Å². The Balaban J connectivity index is 1.47. The van der Waals surface area contributed by atoms with Gasteiger partial charge in [-0.2, -0.15) is 0 Å². The van der Waals surface area contributed by atoms with Crippen LogP contribution < -0.4 is 14.9 Å². The normalized spacial score (nSPS) is 22.6. The summed E-state index contributed by atoms with van der Waals surface area (Å²) in [6.45, 7) is 1.99. The van der Waals surface area contributed by atoms with E-state index >= 15 is 0 Å². The summed E-state index contributed by atoms with van der Waals surface area (Å²) in [6.07, 6.45) is 5.87. The quantitative estimate of drug-likeness (QED) is 0.668. The van der Waals surface area contributed by atoms with E-state index in [2.05, 4.69) is 29.9 Å². The number of hydrogen-bond acceptors (Lipinski definition) is 7. The smallest absolute Gasteiger partial charge is 0.155 e. The number of hydrogen-bond donors (Lipinski definition) is 2. The van der Waals surface area contributed by atoms with Gasteiger partial charge in [0.2, 0.25) is 0 Å². The van der Waals surface area contributed by atoms with Crippen molar-refractivity contribution in [1.29, 1.82) is 0 Å². The minimum Gasteiger partial charge on any atom is -0.363 e. The summed E-state index contributed by atoms with van der Waals surface area (Å²) in [5.41, 5.74) is 2.46. The number of halogens is 1. The van der Waals surface area contributed by atoms with Gasteiger partial charge in [0, 0.05) is 25.4 Å². The van der Waals surface area contributed by atoms with Crippen LogP contribution in [0.25, 0.3) is 17.0 Å².